The van der Waals surface area contributed by atoms with Gasteiger partial charge in [-0.05, 0) is 7.05 Å². The summed E-state index contributed by atoms with van der Waals surface area (Å²) in [6.45, 7) is 11.8. The highest BCUT2D eigenvalue weighted by atomic mass is 31.0. The van der Waals surface area contributed by atoms with Crippen molar-refractivity contribution in [3.63, 3.8) is 0 Å². The molecule has 2 unspecified atom stereocenters. The Morgan fingerprint density at radius 2 is 0.875 bits per heavy atom. The first kappa shape index (κ1) is 55.6. The van der Waals surface area contributed by atoms with Crippen LogP contribution in [-0.4, -0.2) is 32.3 Å². The Balaban J connectivity index is -0.00000000810. The second-order valence-corrected chi connectivity index (χ2v) is 0.440. The lowest BCUT2D eigenvalue weighted by Crippen LogP contribution is -1.79. The molecule has 0 aliphatic rings. The summed E-state index contributed by atoms with van der Waals surface area (Å²) in [5, 5.41) is 8.81. The highest BCUT2D eigenvalue weighted by Crippen LogP contribution is 1.46. The Bertz CT molecular complexity index is 47.8. The molecule has 4 nitrogen and oxygen atoms in total. The van der Waals surface area contributed by atoms with Crippen LogP contribution in [0.2, 0.25) is 0 Å². The van der Waals surface area contributed by atoms with Gasteiger partial charge in [-0.2, -0.15) is 0 Å². The summed E-state index contributed by atoms with van der Waals surface area (Å²) in [4.78, 5) is 8.31. The zero-order valence-corrected chi connectivity index (χ0v) is 13.3. The van der Waals surface area contributed by atoms with Crippen LogP contribution in [0.1, 0.15) is 42.5 Å². The number of nitro groups is 1. The molecule has 2 N–H and O–H groups in total. The van der Waals surface area contributed by atoms with E-state index in [0.29, 0.717) is 0 Å². The molecule has 16 heavy (non-hydrogen) atoms. The van der Waals surface area contributed by atoms with Gasteiger partial charge in [-0.3, -0.25) is 10.1 Å². The Labute approximate surface area is 110 Å². The highest BCUT2D eigenvalue weighted by Gasteiger charge is 1.57. The molecule has 0 aromatic rings. The lowest BCUT2D eigenvalue weighted by Gasteiger charge is -1.63. The highest BCUT2D eigenvalue weighted by molar-refractivity contribution is 7.15. The van der Waals surface area contributed by atoms with Gasteiger partial charge in [-0.15, -0.1) is 18.5 Å². The summed E-state index contributed by atoms with van der Waals surface area (Å²) >= 11 is 0. The fourth-order valence-electron chi connectivity index (χ4n) is 0. The van der Waals surface area contributed by atoms with Crippen molar-refractivity contribution in [2.24, 2.45) is 5.73 Å². The van der Waals surface area contributed by atoms with E-state index < -0.39 is 4.92 Å². The van der Waals surface area contributed by atoms with Crippen LogP contribution in [0.4, 0.5) is 0 Å². The van der Waals surface area contributed by atoms with Gasteiger partial charge in [-0.25, -0.2) is 0 Å². The third-order valence-electron chi connectivity index (χ3n) is 0. The minimum absolute atomic E-state index is 0. The third-order valence-corrected chi connectivity index (χ3v) is 0. The number of nitrogens with zero attached hydrogens (tertiary/aromatic N) is 1. The van der Waals surface area contributed by atoms with Gasteiger partial charge in [-0.1, -0.05) is 55.9 Å². The summed E-state index contributed by atoms with van der Waals surface area (Å²) in [5.41, 5.74) is 4.50. The van der Waals surface area contributed by atoms with Crippen molar-refractivity contribution < 1.29 is 4.92 Å². The molecule has 0 aliphatic carbocycles. The Hall–Kier alpha value is 0.220. The normalized spacial score (nSPS) is 3.44. The first-order valence-corrected chi connectivity index (χ1v) is 6.85. The molecule has 0 fully saturated rings. The molecule has 0 amide bonds. The van der Waals surface area contributed by atoms with Crippen LogP contribution in [0.15, 0.2) is 0 Å². The van der Waals surface area contributed by atoms with Gasteiger partial charge in [0.2, 0.25) is 0 Å². The zero-order valence-electron chi connectivity index (χ0n) is 11.0. The van der Waals surface area contributed by atoms with E-state index in [4.69, 9.17) is 10.1 Å². The van der Waals surface area contributed by atoms with Crippen LogP contribution in [0, 0.1) is 10.1 Å². The van der Waals surface area contributed by atoms with E-state index in [-0.39, 0.29) is 14.9 Å². The Morgan fingerprint density at radius 3 is 0.875 bits per heavy atom. The number of hydrogen-bond donors (Lipinski definition) is 1. The summed E-state index contributed by atoms with van der Waals surface area (Å²) < 4.78 is 0. The molecular formula is C10H38N2O2P2. The molecule has 2 atom stereocenters. The quantitative estimate of drug-likeness (QED) is 0.417. The molecule has 0 heterocycles. The summed E-state index contributed by atoms with van der Waals surface area (Å²) in [5.74, 6) is 0. The van der Waals surface area contributed by atoms with Crippen LogP contribution in [0.3, 0.4) is 0 Å². The van der Waals surface area contributed by atoms with Gasteiger partial charge in [0.15, 0.2) is 7.05 Å². The third kappa shape index (κ3) is 51300. The SMILES string of the molecule is C.C.CC.CC.CN.CP.CP.C[N+](=O)[O-]. The first-order chi connectivity index (χ1) is 6.73. The molecule has 0 rings (SSSR count). The van der Waals surface area contributed by atoms with Gasteiger partial charge < -0.3 is 5.73 Å². The van der Waals surface area contributed by atoms with Gasteiger partial charge in [0.1, 0.15) is 0 Å². The zero-order chi connectivity index (χ0) is 13.6. The van der Waals surface area contributed by atoms with E-state index in [1.165, 1.54) is 7.05 Å². The summed E-state index contributed by atoms with van der Waals surface area (Å²) in [7, 11) is 7.22. The fraction of sp³-hybridized carbons (Fsp3) is 1.00. The first-order valence-electron chi connectivity index (χ1n) is 4.54. The van der Waals surface area contributed by atoms with Crippen molar-refractivity contribution in [2.45, 2.75) is 42.5 Å². The molecule has 0 aromatic carbocycles. The second-order valence-electron chi connectivity index (χ2n) is 0.440. The topological polar surface area (TPSA) is 69.2 Å². The van der Waals surface area contributed by atoms with E-state index in [1.807, 2.05) is 41.0 Å². The molecule has 110 valence electrons. The Morgan fingerprint density at radius 1 is 0.875 bits per heavy atom. The maximum atomic E-state index is 8.81. The molecular weight excluding hydrogens is 242 g/mol. The number of nitrogens with two attached hydrogens (primary N) is 1. The standard InChI is InChI=1S/2C2H6.CH3NO2.CH5N.2CH5P.2CH4/c2*1-2;1-2(3)4;3*1-2;;/h2*1-2H3;1H3;3*2H2,1H3;2*1H4. The largest absolute Gasteiger partial charge is 0.333 e. The van der Waals surface area contributed by atoms with E-state index in [0.717, 1.165) is 7.05 Å². The molecule has 0 aliphatic heterocycles. The van der Waals surface area contributed by atoms with E-state index in [1.54, 1.807) is 0 Å². The minimum atomic E-state index is -0.500. The van der Waals surface area contributed by atoms with E-state index in [2.05, 4.69) is 24.2 Å². The smallest absolute Gasteiger partial charge is 0.194 e. The maximum Gasteiger partial charge on any atom is 0.194 e. The van der Waals surface area contributed by atoms with Crippen molar-refractivity contribution in [2.75, 3.05) is 27.4 Å². The van der Waals surface area contributed by atoms with Gasteiger partial charge in [0, 0.05) is 4.92 Å². The van der Waals surface area contributed by atoms with Gasteiger partial charge in [0.05, 0.1) is 0 Å². The molecule has 0 radical (unpaired) electrons. The van der Waals surface area contributed by atoms with Crippen molar-refractivity contribution in [1.82, 2.24) is 0 Å². The minimum Gasteiger partial charge on any atom is -0.333 e. The summed E-state index contributed by atoms with van der Waals surface area (Å²) in [6, 6.07) is 0. The molecule has 0 spiro atoms. The second kappa shape index (κ2) is 297. The average Bonchev–Trinajstić information content (AvgIpc) is 2.30. The fourth-order valence-corrected chi connectivity index (χ4v) is 0. The summed E-state index contributed by atoms with van der Waals surface area (Å²) in [6.07, 6.45) is 0. The van der Waals surface area contributed by atoms with E-state index >= 15 is 0 Å². The monoisotopic (exact) mass is 280 g/mol. The lowest BCUT2D eigenvalue weighted by molar-refractivity contribution is -0.445. The lowest BCUT2D eigenvalue weighted by atomic mass is 11.0. The van der Waals surface area contributed by atoms with Crippen molar-refractivity contribution >= 4 is 18.5 Å². The average molecular weight is 280 g/mol. The van der Waals surface area contributed by atoms with Crippen molar-refractivity contribution in [3.05, 3.63) is 10.1 Å². The van der Waals surface area contributed by atoms with E-state index in [9.17, 15) is 0 Å². The molecule has 0 saturated carbocycles. The number of rotatable bonds is 0. The van der Waals surface area contributed by atoms with Gasteiger partial charge in [0.25, 0.3) is 0 Å². The van der Waals surface area contributed by atoms with Crippen LogP contribution < -0.4 is 5.73 Å². The molecule has 6 heteroatoms. The van der Waals surface area contributed by atoms with Gasteiger partial charge >= 0.3 is 0 Å². The van der Waals surface area contributed by atoms with Crippen LogP contribution in [0.25, 0.3) is 0 Å². The number of hydrogen-bond acceptors (Lipinski definition) is 3. The molecule has 0 saturated heterocycles. The molecule has 0 bridgehead atoms. The predicted octanol–water partition coefficient (Wildman–Crippen LogP) is 3.78. The van der Waals surface area contributed by atoms with Crippen LogP contribution >= 0.6 is 18.5 Å². The van der Waals surface area contributed by atoms with Crippen LogP contribution in [-0.2, 0) is 0 Å². The van der Waals surface area contributed by atoms with Crippen LogP contribution in [0.5, 0.6) is 0 Å². The van der Waals surface area contributed by atoms with Crippen molar-refractivity contribution in [1.29, 1.82) is 0 Å². The van der Waals surface area contributed by atoms with Crippen molar-refractivity contribution in [3.8, 4) is 0 Å². The molecule has 0 aromatic heterocycles. The maximum absolute atomic E-state index is 8.81. The Kier molecular flexibility index (Phi) is 1030. The predicted molar refractivity (Wildman–Crippen MR) is 90.5 cm³/mol.